The SMILES string of the molecule is C=C1OC2(c3ccccc3)CC(C)CC1(c1ccccc1)O2. The third kappa shape index (κ3) is 1.84. The molecule has 2 nitrogen and oxygen atoms in total. The predicted octanol–water partition coefficient (Wildman–Crippen LogP) is 4.73. The highest BCUT2D eigenvalue weighted by atomic mass is 16.8. The molecule has 2 saturated heterocycles. The van der Waals surface area contributed by atoms with Crippen LogP contribution in [-0.4, -0.2) is 0 Å². The molecule has 2 fully saturated rings. The van der Waals surface area contributed by atoms with Crippen LogP contribution in [0.2, 0.25) is 0 Å². The fourth-order valence-electron chi connectivity index (χ4n) is 3.87. The summed E-state index contributed by atoms with van der Waals surface area (Å²) in [6.07, 6.45) is 1.76. The van der Waals surface area contributed by atoms with Crippen molar-refractivity contribution in [2.24, 2.45) is 5.92 Å². The van der Waals surface area contributed by atoms with E-state index in [1.165, 1.54) is 0 Å². The van der Waals surface area contributed by atoms with Crippen molar-refractivity contribution < 1.29 is 9.47 Å². The quantitative estimate of drug-likeness (QED) is 0.797. The lowest BCUT2D eigenvalue weighted by atomic mass is 9.79. The van der Waals surface area contributed by atoms with Crippen molar-refractivity contribution >= 4 is 0 Å². The molecule has 2 aromatic carbocycles. The van der Waals surface area contributed by atoms with Gasteiger partial charge in [0.05, 0.1) is 0 Å². The highest BCUT2D eigenvalue weighted by Gasteiger charge is 2.60. The number of hydrogen-bond acceptors (Lipinski definition) is 2. The zero-order valence-electron chi connectivity index (χ0n) is 12.8. The smallest absolute Gasteiger partial charge is 0.238 e. The maximum absolute atomic E-state index is 6.61. The zero-order valence-corrected chi connectivity index (χ0v) is 12.8. The Balaban J connectivity index is 1.84. The molecule has 2 bridgehead atoms. The van der Waals surface area contributed by atoms with Gasteiger partial charge in [-0.2, -0.15) is 0 Å². The van der Waals surface area contributed by atoms with Gasteiger partial charge in [0.15, 0.2) is 5.60 Å². The summed E-state index contributed by atoms with van der Waals surface area (Å²) in [6, 6.07) is 20.5. The van der Waals surface area contributed by atoms with Crippen molar-refractivity contribution in [3.63, 3.8) is 0 Å². The molecular weight excluding hydrogens is 272 g/mol. The predicted molar refractivity (Wildman–Crippen MR) is 85.9 cm³/mol. The summed E-state index contributed by atoms with van der Waals surface area (Å²) in [6.45, 7) is 6.47. The molecular formula is C20H20O2. The summed E-state index contributed by atoms with van der Waals surface area (Å²) >= 11 is 0. The first-order chi connectivity index (χ1) is 10.6. The summed E-state index contributed by atoms with van der Waals surface area (Å²) in [5.74, 6) is 0.520. The molecule has 0 aliphatic carbocycles. The third-order valence-electron chi connectivity index (χ3n) is 4.78. The number of fused-ring (bicyclic) bond motifs is 2. The second-order valence-corrected chi connectivity index (χ2v) is 6.45. The van der Waals surface area contributed by atoms with Crippen LogP contribution in [0, 0.1) is 5.92 Å². The average Bonchev–Trinajstić information content (AvgIpc) is 2.77. The van der Waals surface area contributed by atoms with Gasteiger partial charge in [0.25, 0.3) is 0 Å². The van der Waals surface area contributed by atoms with Crippen LogP contribution >= 0.6 is 0 Å². The Morgan fingerprint density at radius 3 is 2.14 bits per heavy atom. The van der Waals surface area contributed by atoms with Crippen LogP contribution in [0.25, 0.3) is 0 Å². The van der Waals surface area contributed by atoms with E-state index < -0.39 is 11.4 Å². The molecule has 3 atom stereocenters. The first kappa shape index (κ1) is 13.6. The van der Waals surface area contributed by atoms with Crippen LogP contribution in [-0.2, 0) is 20.9 Å². The molecule has 3 unspecified atom stereocenters. The molecule has 2 aliphatic heterocycles. The van der Waals surface area contributed by atoms with Crippen LogP contribution in [0.3, 0.4) is 0 Å². The van der Waals surface area contributed by atoms with E-state index in [1.54, 1.807) is 0 Å². The van der Waals surface area contributed by atoms with Crippen molar-refractivity contribution in [2.75, 3.05) is 0 Å². The topological polar surface area (TPSA) is 18.5 Å². The minimum Gasteiger partial charge on any atom is -0.459 e. The average molecular weight is 292 g/mol. The number of benzene rings is 2. The first-order valence-corrected chi connectivity index (χ1v) is 7.84. The minimum atomic E-state index is -0.703. The lowest BCUT2D eigenvalue weighted by molar-refractivity contribution is -0.234. The molecule has 2 aromatic rings. The summed E-state index contributed by atoms with van der Waals surface area (Å²) in [7, 11) is 0. The van der Waals surface area contributed by atoms with Crippen LogP contribution in [0.15, 0.2) is 73.0 Å². The summed E-state index contributed by atoms with van der Waals surface area (Å²) in [5, 5.41) is 0. The normalized spacial score (nSPS) is 33.5. The van der Waals surface area contributed by atoms with Crippen LogP contribution in [0.1, 0.15) is 30.9 Å². The number of ether oxygens (including phenoxy) is 2. The van der Waals surface area contributed by atoms with Gasteiger partial charge in [0, 0.05) is 12.0 Å². The molecule has 4 rings (SSSR count). The summed E-state index contributed by atoms with van der Waals surface area (Å²) < 4.78 is 12.9. The van der Waals surface area contributed by atoms with Crippen LogP contribution < -0.4 is 0 Å². The van der Waals surface area contributed by atoms with Gasteiger partial charge in [-0.05, 0) is 17.9 Å². The van der Waals surface area contributed by atoms with Crippen molar-refractivity contribution in [1.29, 1.82) is 0 Å². The molecule has 112 valence electrons. The maximum Gasteiger partial charge on any atom is 0.238 e. The Kier molecular flexibility index (Phi) is 2.92. The van der Waals surface area contributed by atoms with E-state index in [0.29, 0.717) is 5.92 Å². The second-order valence-electron chi connectivity index (χ2n) is 6.45. The maximum atomic E-state index is 6.61. The van der Waals surface area contributed by atoms with E-state index in [1.807, 2.05) is 36.4 Å². The standard InChI is InChI=1S/C20H20O2/c1-15-13-19(17-9-5-3-6-10-17)16(2)21-20(14-15,22-19)18-11-7-4-8-12-18/h3-12,15H,2,13-14H2,1H3. The Bertz CT molecular complexity index is 694. The molecule has 0 radical (unpaired) electrons. The van der Waals surface area contributed by atoms with E-state index in [9.17, 15) is 0 Å². The number of hydrogen-bond donors (Lipinski definition) is 0. The van der Waals surface area contributed by atoms with E-state index in [4.69, 9.17) is 9.47 Å². The van der Waals surface area contributed by atoms with Gasteiger partial charge in [0.2, 0.25) is 5.79 Å². The number of rotatable bonds is 2. The highest BCUT2D eigenvalue weighted by molar-refractivity contribution is 5.36. The fourth-order valence-corrected chi connectivity index (χ4v) is 3.87. The molecule has 0 spiro atoms. The minimum absolute atomic E-state index is 0.494. The highest BCUT2D eigenvalue weighted by Crippen LogP contribution is 2.59. The van der Waals surface area contributed by atoms with E-state index in [0.717, 1.165) is 29.7 Å². The molecule has 22 heavy (non-hydrogen) atoms. The Labute approximate surface area is 131 Å². The molecule has 0 saturated carbocycles. The Morgan fingerprint density at radius 2 is 1.50 bits per heavy atom. The molecule has 2 aliphatic rings. The second kappa shape index (κ2) is 4.72. The van der Waals surface area contributed by atoms with Gasteiger partial charge >= 0.3 is 0 Å². The Morgan fingerprint density at radius 1 is 0.909 bits per heavy atom. The molecule has 2 heteroatoms. The van der Waals surface area contributed by atoms with Gasteiger partial charge in [0.1, 0.15) is 5.76 Å². The molecule has 2 heterocycles. The first-order valence-electron chi connectivity index (χ1n) is 7.84. The van der Waals surface area contributed by atoms with E-state index >= 15 is 0 Å². The van der Waals surface area contributed by atoms with E-state index in [2.05, 4.69) is 37.8 Å². The van der Waals surface area contributed by atoms with Gasteiger partial charge in [-0.3, -0.25) is 0 Å². The third-order valence-corrected chi connectivity index (χ3v) is 4.78. The molecule has 0 N–H and O–H groups in total. The van der Waals surface area contributed by atoms with Crippen LogP contribution in [0.4, 0.5) is 0 Å². The Hall–Kier alpha value is -2.06. The van der Waals surface area contributed by atoms with Gasteiger partial charge in [-0.1, -0.05) is 74.2 Å². The lowest BCUT2D eigenvalue weighted by Crippen LogP contribution is -2.40. The van der Waals surface area contributed by atoms with Crippen molar-refractivity contribution in [1.82, 2.24) is 0 Å². The van der Waals surface area contributed by atoms with Gasteiger partial charge in [-0.15, -0.1) is 0 Å². The molecule has 0 aromatic heterocycles. The fraction of sp³-hybridized carbons (Fsp3) is 0.300. The largest absolute Gasteiger partial charge is 0.459 e. The lowest BCUT2D eigenvalue weighted by Gasteiger charge is -2.40. The monoisotopic (exact) mass is 292 g/mol. The zero-order chi connectivity index (χ0) is 15.2. The van der Waals surface area contributed by atoms with Gasteiger partial charge in [-0.25, -0.2) is 0 Å². The molecule has 0 amide bonds. The summed E-state index contributed by atoms with van der Waals surface area (Å²) in [4.78, 5) is 0. The van der Waals surface area contributed by atoms with Gasteiger partial charge < -0.3 is 9.47 Å². The van der Waals surface area contributed by atoms with Crippen molar-refractivity contribution in [2.45, 2.75) is 31.2 Å². The van der Waals surface area contributed by atoms with Crippen molar-refractivity contribution in [3.05, 3.63) is 84.1 Å². The summed E-state index contributed by atoms with van der Waals surface area (Å²) in [5.41, 5.74) is 1.67. The van der Waals surface area contributed by atoms with Crippen molar-refractivity contribution in [3.8, 4) is 0 Å². The van der Waals surface area contributed by atoms with Crippen LogP contribution in [0.5, 0.6) is 0 Å². The van der Waals surface area contributed by atoms with E-state index in [-0.39, 0.29) is 0 Å².